The summed E-state index contributed by atoms with van der Waals surface area (Å²) < 4.78 is 0. The molecule has 1 fully saturated rings. The van der Waals surface area contributed by atoms with Gasteiger partial charge in [0.05, 0.1) is 12.2 Å². The third-order valence-electron chi connectivity index (χ3n) is 3.84. The van der Waals surface area contributed by atoms with E-state index in [1.54, 1.807) is 11.1 Å². The van der Waals surface area contributed by atoms with Gasteiger partial charge in [-0.1, -0.05) is 6.07 Å². The molecule has 3 rings (SSSR count). The highest BCUT2D eigenvalue weighted by molar-refractivity contribution is 5.75. The van der Waals surface area contributed by atoms with Gasteiger partial charge in [0.25, 0.3) is 10.9 Å². The summed E-state index contributed by atoms with van der Waals surface area (Å²) in [4.78, 5) is 42.0. The lowest BCUT2D eigenvalue weighted by atomic mass is 10.1. The van der Waals surface area contributed by atoms with E-state index in [1.165, 1.54) is 0 Å². The molecule has 0 spiro atoms. The normalized spacial score (nSPS) is 15.1. The number of rotatable bonds is 5. The average molecular weight is 300 g/mol. The van der Waals surface area contributed by atoms with Gasteiger partial charge in [-0.2, -0.15) is 0 Å². The van der Waals surface area contributed by atoms with Gasteiger partial charge in [-0.25, -0.2) is 0 Å². The zero-order chi connectivity index (χ0) is 15.5. The number of nitrogens with zero attached hydrogens (tertiary/aromatic N) is 3. The molecule has 2 aromatic rings. The van der Waals surface area contributed by atoms with Gasteiger partial charge in [0.15, 0.2) is 0 Å². The number of hydrogen-bond acceptors (Lipinski definition) is 6. The lowest BCUT2D eigenvalue weighted by Gasteiger charge is -2.35. The largest absolute Gasteiger partial charge is 0.374 e. The Hall–Kier alpha value is -2.70. The molecule has 0 radical (unpaired) electrons. The van der Waals surface area contributed by atoms with E-state index < -0.39 is 10.9 Å². The second-order valence-electron chi connectivity index (χ2n) is 5.18. The monoisotopic (exact) mass is 300 g/mol. The van der Waals surface area contributed by atoms with E-state index in [2.05, 4.69) is 10.3 Å². The first-order valence-corrected chi connectivity index (χ1v) is 7.12. The first kappa shape index (κ1) is 14.2. The van der Waals surface area contributed by atoms with E-state index in [0.29, 0.717) is 44.1 Å². The van der Waals surface area contributed by atoms with Crippen molar-refractivity contribution in [2.24, 2.45) is 0 Å². The zero-order valence-electron chi connectivity index (χ0n) is 12.0. The number of nitrogens with one attached hydrogen (secondary N) is 1. The van der Waals surface area contributed by atoms with Gasteiger partial charge < -0.3 is 15.1 Å². The molecule has 0 aliphatic carbocycles. The summed E-state index contributed by atoms with van der Waals surface area (Å²) in [6, 6.07) is 5.53. The summed E-state index contributed by atoms with van der Waals surface area (Å²) in [5.74, 6) is 0. The number of piperazine rings is 1. The second-order valence-corrected chi connectivity index (χ2v) is 5.18. The van der Waals surface area contributed by atoms with Crippen molar-refractivity contribution in [3.8, 4) is 0 Å². The van der Waals surface area contributed by atoms with Crippen LogP contribution >= 0.6 is 0 Å². The molecule has 7 heteroatoms. The SMILES string of the molecule is O=CN1CCN(c2c(NCc3ccccn3)c(=O)c2=O)CC1. The predicted molar refractivity (Wildman–Crippen MR) is 82.8 cm³/mol. The molecule has 1 aliphatic heterocycles. The minimum atomic E-state index is -0.483. The number of hydrogen-bond donors (Lipinski definition) is 1. The Labute approximate surface area is 126 Å². The maximum absolute atomic E-state index is 11.8. The van der Waals surface area contributed by atoms with Crippen molar-refractivity contribution in [2.75, 3.05) is 36.4 Å². The average Bonchev–Trinajstić information content (AvgIpc) is 2.59. The molecule has 1 saturated heterocycles. The van der Waals surface area contributed by atoms with Crippen LogP contribution in [0.25, 0.3) is 0 Å². The molecule has 1 aromatic carbocycles. The minimum Gasteiger partial charge on any atom is -0.374 e. The van der Waals surface area contributed by atoms with Crippen LogP contribution in [0.1, 0.15) is 5.69 Å². The number of anilines is 2. The third kappa shape index (κ3) is 2.57. The molecule has 1 aromatic heterocycles. The molecule has 7 nitrogen and oxygen atoms in total. The van der Waals surface area contributed by atoms with Gasteiger partial charge in [0.2, 0.25) is 6.41 Å². The van der Waals surface area contributed by atoms with E-state index in [1.807, 2.05) is 23.1 Å². The first-order valence-electron chi connectivity index (χ1n) is 7.12. The summed E-state index contributed by atoms with van der Waals surface area (Å²) in [7, 11) is 0. The van der Waals surface area contributed by atoms with Crippen LogP contribution in [-0.2, 0) is 11.3 Å². The van der Waals surface area contributed by atoms with Crippen molar-refractivity contribution >= 4 is 17.8 Å². The van der Waals surface area contributed by atoms with E-state index in [-0.39, 0.29) is 0 Å². The lowest BCUT2D eigenvalue weighted by Crippen LogP contribution is -2.51. The van der Waals surface area contributed by atoms with Crippen molar-refractivity contribution in [1.82, 2.24) is 9.88 Å². The summed E-state index contributed by atoms with van der Waals surface area (Å²) in [5.41, 5.74) is 0.654. The van der Waals surface area contributed by atoms with Gasteiger partial charge in [0, 0.05) is 32.4 Å². The van der Waals surface area contributed by atoms with Crippen molar-refractivity contribution in [3.63, 3.8) is 0 Å². The van der Waals surface area contributed by atoms with Gasteiger partial charge in [-0.3, -0.25) is 19.4 Å². The van der Waals surface area contributed by atoms with Crippen molar-refractivity contribution in [3.05, 3.63) is 50.5 Å². The highest BCUT2D eigenvalue weighted by atomic mass is 16.2. The van der Waals surface area contributed by atoms with Gasteiger partial charge >= 0.3 is 0 Å². The van der Waals surface area contributed by atoms with Gasteiger partial charge in [0.1, 0.15) is 11.4 Å². The van der Waals surface area contributed by atoms with Crippen LogP contribution in [0, 0.1) is 0 Å². The Bertz CT molecular complexity index is 729. The number of amides is 1. The molecular weight excluding hydrogens is 284 g/mol. The zero-order valence-corrected chi connectivity index (χ0v) is 12.0. The van der Waals surface area contributed by atoms with Crippen LogP contribution in [0.5, 0.6) is 0 Å². The summed E-state index contributed by atoms with van der Waals surface area (Å²) in [6.07, 6.45) is 2.48. The van der Waals surface area contributed by atoms with Crippen LogP contribution in [0.4, 0.5) is 11.4 Å². The maximum atomic E-state index is 11.8. The molecule has 1 amide bonds. The van der Waals surface area contributed by atoms with Crippen molar-refractivity contribution < 1.29 is 4.79 Å². The maximum Gasteiger partial charge on any atom is 0.253 e. The van der Waals surface area contributed by atoms with Crippen molar-refractivity contribution in [1.29, 1.82) is 0 Å². The van der Waals surface area contributed by atoms with Crippen LogP contribution in [0.2, 0.25) is 0 Å². The highest BCUT2D eigenvalue weighted by Crippen LogP contribution is 2.21. The second kappa shape index (κ2) is 5.97. The fraction of sp³-hybridized carbons (Fsp3) is 0.333. The standard InChI is InChI=1S/C15H16N4O3/c20-10-18-5-7-19(8-6-18)13-12(14(21)15(13)22)17-9-11-3-1-2-4-16-11/h1-4,10,17H,5-9H2. The molecular formula is C15H16N4O3. The Balaban J connectivity index is 1.71. The number of aromatic nitrogens is 1. The number of carbonyl (C=O) groups is 1. The molecule has 1 aliphatic rings. The summed E-state index contributed by atoms with van der Waals surface area (Å²) >= 11 is 0. The minimum absolute atomic E-state index is 0.357. The Morgan fingerprint density at radius 1 is 1.14 bits per heavy atom. The first-order chi connectivity index (χ1) is 10.7. The van der Waals surface area contributed by atoms with Crippen LogP contribution < -0.4 is 21.1 Å². The van der Waals surface area contributed by atoms with Crippen LogP contribution in [0.15, 0.2) is 34.0 Å². The van der Waals surface area contributed by atoms with Crippen LogP contribution in [0.3, 0.4) is 0 Å². The Kier molecular flexibility index (Phi) is 3.86. The topological polar surface area (TPSA) is 82.6 Å². The molecule has 114 valence electrons. The molecule has 0 atom stereocenters. The molecule has 0 saturated carbocycles. The molecule has 0 unspecified atom stereocenters. The number of pyridine rings is 1. The van der Waals surface area contributed by atoms with E-state index in [4.69, 9.17) is 0 Å². The Morgan fingerprint density at radius 3 is 2.55 bits per heavy atom. The van der Waals surface area contributed by atoms with Gasteiger partial charge in [-0.15, -0.1) is 0 Å². The van der Waals surface area contributed by atoms with E-state index in [9.17, 15) is 14.4 Å². The van der Waals surface area contributed by atoms with Crippen molar-refractivity contribution in [2.45, 2.75) is 6.54 Å². The van der Waals surface area contributed by atoms with Crippen LogP contribution in [-0.4, -0.2) is 42.5 Å². The molecule has 0 bridgehead atoms. The number of carbonyl (C=O) groups excluding carboxylic acids is 1. The lowest BCUT2D eigenvalue weighted by molar-refractivity contribution is -0.118. The molecule has 22 heavy (non-hydrogen) atoms. The summed E-state index contributed by atoms with van der Waals surface area (Å²) in [5, 5.41) is 3.01. The smallest absolute Gasteiger partial charge is 0.253 e. The highest BCUT2D eigenvalue weighted by Gasteiger charge is 2.28. The third-order valence-corrected chi connectivity index (χ3v) is 3.84. The van der Waals surface area contributed by atoms with Gasteiger partial charge in [-0.05, 0) is 12.1 Å². The van der Waals surface area contributed by atoms with E-state index in [0.717, 1.165) is 12.1 Å². The Morgan fingerprint density at radius 2 is 1.91 bits per heavy atom. The predicted octanol–water partition coefficient (Wildman–Crippen LogP) is -0.432. The quantitative estimate of drug-likeness (QED) is 0.596. The molecule has 1 N–H and O–H groups in total. The molecule has 2 heterocycles. The fourth-order valence-electron chi connectivity index (χ4n) is 2.58. The van der Waals surface area contributed by atoms with E-state index >= 15 is 0 Å². The fourth-order valence-corrected chi connectivity index (χ4v) is 2.58. The summed E-state index contributed by atoms with van der Waals surface area (Å²) in [6.45, 7) is 2.63.